The number of ether oxygens (including phenoxy) is 3. The van der Waals surface area contributed by atoms with E-state index in [1.165, 1.54) is 18.2 Å². The lowest BCUT2D eigenvalue weighted by Gasteiger charge is -2.40. The lowest BCUT2D eigenvalue weighted by atomic mass is 9.92. The van der Waals surface area contributed by atoms with Crippen LogP contribution in [0.4, 0.5) is 0 Å². The summed E-state index contributed by atoms with van der Waals surface area (Å²) in [6.07, 6.45) is -2.99. The first-order valence-electron chi connectivity index (χ1n) is 9.73. The Kier molecular flexibility index (Phi) is 6.24. The van der Waals surface area contributed by atoms with E-state index in [0.29, 0.717) is 12.0 Å². The third-order valence-electron chi connectivity index (χ3n) is 5.57. The number of halogens is 1. The van der Waals surface area contributed by atoms with Crippen LogP contribution in [0.1, 0.15) is 34.8 Å². The van der Waals surface area contributed by atoms with Crippen molar-refractivity contribution in [2.75, 3.05) is 13.7 Å². The van der Waals surface area contributed by atoms with Gasteiger partial charge in [0.2, 0.25) is 0 Å². The third kappa shape index (κ3) is 4.21. The van der Waals surface area contributed by atoms with Crippen LogP contribution in [-0.2, 0) is 22.3 Å². The quantitative estimate of drug-likeness (QED) is 0.644. The first-order valence-corrected chi connectivity index (χ1v) is 10.5. The molecule has 2 aromatic carbocycles. The summed E-state index contributed by atoms with van der Waals surface area (Å²) in [7, 11) is 1.39. The predicted molar refractivity (Wildman–Crippen MR) is 110 cm³/mol. The van der Waals surface area contributed by atoms with Gasteiger partial charge in [-0.1, -0.05) is 40.2 Å². The number of hydrogen-bond donors (Lipinski definition) is 3. The Hall–Kier alpha value is -1.48. The number of aliphatic hydroxyl groups is 3. The van der Waals surface area contributed by atoms with Gasteiger partial charge in [0.15, 0.2) is 6.29 Å². The zero-order valence-corrected chi connectivity index (χ0v) is 17.7. The zero-order chi connectivity index (χ0) is 20.5. The number of fused-ring (bicyclic) bond motifs is 1. The van der Waals surface area contributed by atoms with Crippen molar-refractivity contribution in [3.63, 3.8) is 0 Å². The van der Waals surface area contributed by atoms with Gasteiger partial charge in [-0.05, 0) is 53.6 Å². The smallest absolute Gasteiger partial charge is 0.186 e. The molecule has 5 atom stereocenters. The van der Waals surface area contributed by atoms with Gasteiger partial charge in [-0.3, -0.25) is 0 Å². The molecule has 156 valence electrons. The highest BCUT2D eigenvalue weighted by atomic mass is 79.9. The molecule has 0 aliphatic carbocycles. The van der Waals surface area contributed by atoms with Crippen LogP contribution in [0.2, 0.25) is 0 Å². The van der Waals surface area contributed by atoms with Gasteiger partial charge in [0, 0.05) is 11.6 Å². The molecular weight excluding hydrogens is 440 g/mol. The van der Waals surface area contributed by atoms with Gasteiger partial charge in [-0.2, -0.15) is 0 Å². The lowest BCUT2D eigenvalue weighted by Crippen LogP contribution is -2.54. The minimum absolute atomic E-state index is 0.698. The molecule has 0 saturated carbocycles. The molecule has 29 heavy (non-hydrogen) atoms. The molecule has 0 spiro atoms. The Labute approximate surface area is 178 Å². The number of methoxy groups -OCH3 is 1. The monoisotopic (exact) mass is 464 g/mol. The molecule has 1 saturated heterocycles. The first-order chi connectivity index (χ1) is 14.0. The molecule has 0 amide bonds. The highest BCUT2D eigenvalue weighted by molar-refractivity contribution is 9.10. The molecule has 7 heteroatoms. The number of aryl methyl sites for hydroxylation is 1. The van der Waals surface area contributed by atoms with Gasteiger partial charge in [0.05, 0.1) is 6.61 Å². The second-order valence-electron chi connectivity index (χ2n) is 7.55. The molecule has 2 heterocycles. The van der Waals surface area contributed by atoms with Crippen molar-refractivity contribution in [2.24, 2.45) is 0 Å². The van der Waals surface area contributed by atoms with Crippen LogP contribution < -0.4 is 4.74 Å². The summed E-state index contributed by atoms with van der Waals surface area (Å²) >= 11 is 3.61. The van der Waals surface area contributed by atoms with Gasteiger partial charge >= 0.3 is 0 Å². The van der Waals surface area contributed by atoms with E-state index < -0.39 is 30.7 Å². The minimum Gasteiger partial charge on any atom is -0.493 e. The maximum atomic E-state index is 10.4. The normalized spacial score (nSPS) is 29.2. The van der Waals surface area contributed by atoms with Gasteiger partial charge in [0.25, 0.3) is 0 Å². The van der Waals surface area contributed by atoms with Crippen molar-refractivity contribution in [1.29, 1.82) is 0 Å². The van der Waals surface area contributed by atoms with Gasteiger partial charge in [-0.25, -0.2) is 0 Å². The Balaban J connectivity index is 1.59. The van der Waals surface area contributed by atoms with E-state index in [1.54, 1.807) is 0 Å². The fourth-order valence-corrected chi connectivity index (χ4v) is 4.36. The van der Waals surface area contributed by atoms with Crippen LogP contribution in [0.15, 0.2) is 40.9 Å². The molecule has 0 unspecified atom stereocenters. The summed E-state index contributed by atoms with van der Waals surface area (Å²) in [6, 6.07) is 12.0. The van der Waals surface area contributed by atoms with E-state index in [2.05, 4.69) is 28.1 Å². The van der Waals surface area contributed by atoms with E-state index in [9.17, 15) is 15.3 Å². The highest BCUT2D eigenvalue weighted by Gasteiger charge is 2.44. The summed E-state index contributed by atoms with van der Waals surface area (Å²) in [4.78, 5) is 0. The van der Waals surface area contributed by atoms with Gasteiger partial charge < -0.3 is 29.5 Å². The summed E-state index contributed by atoms with van der Waals surface area (Å²) in [5, 5.41) is 30.6. The molecule has 1 fully saturated rings. The maximum Gasteiger partial charge on any atom is 0.186 e. The molecular formula is C22H25BrO6. The average molecular weight is 465 g/mol. The number of benzene rings is 2. The van der Waals surface area contributed by atoms with Crippen LogP contribution in [-0.4, -0.2) is 53.6 Å². The first kappa shape index (κ1) is 20.8. The second kappa shape index (κ2) is 8.71. The van der Waals surface area contributed by atoms with Gasteiger partial charge in [0.1, 0.15) is 30.2 Å². The van der Waals surface area contributed by atoms with Crippen molar-refractivity contribution < 1.29 is 29.5 Å². The molecule has 2 aromatic rings. The molecule has 0 bridgehead atoms. The van der Waals surface area contributed by atoms with Crippen molar-refractivity contribution in [1.82, 2.24) is 0 Å². The third-order valence-corrected chi connectivity index (χ3v) is 6.34. The molecule has 4 rings (SSSR count). The average Bonchev–Trinajstić information content (AvgIpc) is 2.74. The minimum atomic E-state index is -1.36. The van der Waals surface area contributed by atoms with Crippen LogP contribution in [0, 0.1) is 0 Å². The molecule has 2 aliphatic heterocycles. The molecule has 3 N–H and O–H groups in total. The largest absolute Gasteiger partial charge is 0.493 e. The Morgan fingerprint density at radius 1 is 1.07 bits per heavy atom. The Morgan fingerprint density at radius 3 is 2.69 bits per heavy atom. The highest BCUT2D eigenvalue weighted by Crippen LogP contribution is 2.35. The van der Waals surface area contributed by atoms with Crippen LogP contribution in [0.5, 0.6) is 5.75 Å². The molecule has 0 radical (unpaired) electrons. The summed E-state index contributed by atoms with van der Waals surface area (Å²) in [5.41, 5.74) is 4.14. The standard InChI is InChI=1S/C22H25BrO6/c1-27-22-20(26)18(24)19(25)21(29-22)14-5-6-16(23)15(11-14)10-12-4-7-17-13(9-12)3-2-8-28-17/h4-7,9,11,18-22,24-26H,2-3,8,10H2,1H3/t18-,19-,20+,21+,22+/m1/s1. The SMILES string of the molecule is CO[C@H]1O[C@@H](c2ccc(Br)c(Cc3ccc4c(c3)CCCO4)c2)[C@H](O)[C@@H](O)[C@@H]1O. The zero-order valence-electron chi connectivity index (χ0n) is 16.1. The van der Waals surface area contributed by atoms with Crippen molar-refractivity contribution in [3.05, 3.63) is 63.1 Å². The van der Waals surface area contributed by atoms with E-state index >= 15 is 0 Å². The molecule has 6 nitrogen and oxygen atoms in total. The fourth-order valence-electron chi connectivity index (χ4n) is 3.97. The van der Waals surface area contributed by atoms with Crippen molar-refractivity contribution >= 4 is 15.9 Å². The van der Waals surface area contributed by atoms with Crippen LogP contribution >= 0.6 is 15.9 Å². The molecule has 0 aromatic heterocycles. The lowest BCUT2D eigenvalue weighted by molar-refractivity contribution is -0.292. The number of hydrogen-bond acceptors (Lipinski definition) is 6. The summed E-state index contributed by atoms with van der Waals surface area (Å²) in [6.45, 7) is 0.771. The second-order valence-corrected chi connectivity index (χ2v) is 8.41. The predicted octanol–water partition coefficient (Wildman–Crippen LogP) is 2.49. The van der Waals surface area contributed by atoms with E-state index in [0.717, 1.165) is 35.2 Å². The number of rotatable bonds is 4. The van der Waals surface area contributed by atoms with E-state index in [-0.39, 0.29) is 0 Å². The molecule has 2 aliphatic rings. The summed E-state index contributed by atoms with van der Waals surface area (Å²) < 4.78 is 17.5. The maximum absolute atomic E-state index is 10.4. The van der Waals surface area contributed by atoms with Gasteiger partial charge in [-0.15, -0.1) is 0 Å². The number of aliphatic hydroxyl groups excluding tert-OH is 3. The van der Waals surface area contributed by atoms with E-state index in [1.807, 2.05) is 24.3 Å². The van der Waals surface area contributed by atoms with E-state index in [4.69, 9.17) is 14.2 Å². The van der Waals surface area contributed by atoms with Crippen LogP contribution in [0.25, 0.3) is 0 Å². The Bertz CT molecular complexity index is 870. The van der Waals surface area contributed by atoms with Crippen molar-refractivity contribution in [3.8, 4) is 5.75 Å². The Morgan fingerprint density at radius 2 is 1.90 bits per heavy atom. The van der Waals surface area contributed by atoms with Crippen molar-refractivity contribution in [2.45, 2.75) is 50.0 Å². The van der Waals surface area contributed by atoms with Crippen LogP contribution in [0.3, 0.4) is 0 Å². The fraction of sp³-hybridized carbons (Fsp3) is 0.455. The topological polar surface area (TPSA) is 88.4 Å². The summed E-state index contributed by atoms with van der Waals surface area (Å²) in [5.74, 6) is 0.963.